The van der Waals surface area contributed by atoms with Crippen LogP contribution in [0.2, 0.25) is 0 Å². The van der Waals surface area contributed by atoms with Crippen LogP contribution >= 0.6 is 11.3 Å². The van der Waals surface area contributed by atoms with E-state index in [9.17, 15) is 4.79 Å². The Morgan fingerprint density at radius 2 is 2.45 bits per heavy atom. The fourth-order valence-corrected chi connectivity index (χ4v) is 3.26. The van der Waals surface area contributed by atoms with Crippen molar-refractivity contribution in [1.29, 1.82) is 0 Å². The van der Waals surface area contributed by atoms with Crippen molar-refractivity contribution in [2.45, 2.75) is 31.8 Å². The molecular formula is C14H17N3O2S. The van der Waals surface area contributed by atoms with Crippen molar-refractivity contribution in [2.24, 2.45) is 5.73 Å². The van der Waals surface area contributed by atoms with Gasteiger partial charge in [0.2, 0.25) is 11.8 Å². The summed E-state index contributed by atoms with van der Waals surface area (Å²) in [5.41, 5.74) is 5.46. The molecule has 20 heavy (non-hydrogen) atoms. The maximum atomic E-state index is 11.5. The van der Waals surface area contributed by atoms with Crippen molar-refractivity contribution in [1.82, 2.24) is 9.88 Å². The number of thiophene rings is 1. The molecule has 0 unspecified atom stereocenters. The van der Waals surface area contributed by atoms with E-state index >= 15 is 0 Å². The summed E-state index contributed by atoms with van der Waals surface area (Å²) in [5.74, 6) is 1.17. The number of aromatic nitrogens is 1. The number of oxazole rings is 1. The Balaban J connectivity index is 1.72. The largest absolute Gasteiger partial charge is 0.438 e. The number of nitrogens with two attached hydrogens (primary N) is 1. The number of hydrogen-bond acceptors (Lipinski definition) is 5. The van der Waals surface area contributed by atoms with Crippen LogP contribution in [0.5, 0.6) is 0 Å². The molecule has 5 nitrogen and oxygen atoms in total. The standard InChI is InChI=1S/C14H17N3O2S/c15-14(18)10-4-1-2-6-17(10)9-13-16-8-11(19-13)12-5-3-7-20-12/h3,5,7-8,10H,1-2,4,6,9H2,(H2,15,18)/t10-/m0/s1. The second-order valence-electron chi connectivity index (χ2n) is 4.98. The normalized spacial score (nSPS) is 20.1. The first kappa shape index (κ1) is 13.3. The number of rotatable bonds is 4. The van der Waals surface area contributed by atoms with Gasteiger partial charge in [-0.25, -0.2) is 4.98 Å². The van der Waals surface area contributed by atoms with Crippen LogP contribution in [0.1, 0.15) is 25.2 Å². The molecule has 1 fully saturated rings. The van der Waals surface area contributed by atoms with E-state index in [4.69, 9.17) is 10.2 Å². The second-order valence-corrected chi connectivity index (χ2v) is 5.93. The van der Waals surface area contributed by atoms with Gasteiger partial charge in [-0.1, -0.05) is 12.5 Å². The van der Waals surface area contributed by atoms with Crippen molar-refractivity contribution >= 4 is 17.2 Å². The highest BCUT2D eigenvalue weighted by atomic mass is 32.1. The minimum Gasteiger partial charge on any atom is -0.438 e. The SMILES string of the molecule is NC(=O)[C@@H]1CCCCN1Cc1ncc(-c2cccs2)o1. The molecule has 0 aromatic carbocycles. The molecule has 0 radical (unpaired) electrons. The third-order valence-electron chi connectivity index (χ3n) is 3.60. The molecule has 1 saturated heterocycles. The lowest BCUT2D eigenvalue weighted by Gasteiger charge is -2.32. The van der Waals surface area contributed by atoms with E-state index in [1.54, 1.807) is 17.5 Å². The minimum absolute atomic E-state index is 0.194. The van der Waals surface area contributed by atoms with Gasteiger partial charge in [0.1, 0.15) is 0 Å². The van der Waals surface area contributed by atoms with Gasteiger partial charge < -0.3 is 10.2 Å². The summed E-state index contributed by atoms with van der Waals surface area (Å²) in [7, 11) is 0. The number of nitrogens with zero attached hydrogens (tertiary/aromatic N) is 2. The quantitative estimate of drug-likeness (QED) is 0.937. The molecule has 6 heteroatoms. The zero-order valence-corrected chi connectivity index (χ0v) is 11.9. The summed E-state index contributed by atoms with van der Waals surface area (Å²) in [4.78, 5) is 18.9. The van der Waals surface area contributed by atoms with Gasteiger partial charge in [0, 0.05) is 0 Å². The molecular weight excluding hydrogens is 274 g/mol. The topological polar surface area (TPSA) is 72.4 Å². The van der Waals surface area contributed by atoms with Crippen molar-refractivity contribution in [3.05, 3.63) is 29.6 Å². The highest BCUT2D eigenvalue weighted by molar-refractivity contribution is 7.13. The summed E-state index contributed by atoms with van der Waals surface area (Å²) in [5, 5.41) is 2.01. The summed E-state index contributed by atoms with van der Waals surface area (Å²) in [6.45, 7) is 1.41. The Hall–Kier alpha value is -1.66. The van der Waals surface area contributed by atoms with Crippen LogP contribution in [0.25, 0.3) is 10.6 Å². The van der Waals surface area contributed by atoms with Gasteiger partial charge in [-0.05, 0) is 30.8 Å². The summed E-state index contributed by atoms with van der Waals surface area (Å²) < 4.78 is 5.76. The van der Waals surface area contributed by atoms with E-state index < -0.39 is 0 Å². The lowest BCUT2D eigenvalue weighted by atomic mass is 10.0. The highest BCUT2D eigenvalue weighted by Gasteiger charge is 2.28. The number of amides is 1. The predicted molar refractivity (Wildman–Crippen MR) is 77.1 cm³/mol. The molecule has 0 spiro atoms. The average molecular weight is 291 g/mol. The molecule has 0 aliphatic carbocycles. The molecule has 3 rings (SSSR count). The first-order chi connectivity index (χ1) is 9.74. The lowest BCUT2D eigenvalue weighted by molar-refractivity contribution is -0.124. The van der Waals surface area contributed by atoms with E-state index in [0.717, 1.165) is 36.4 Å². The van der Waals surface area contributed by atoms with E-state index in [-0.39, 0.29) is 11.9 Å². The predicted octanol–water partition coefficient (Wildman–Crippen LogP) is 2.24. The molecule has 2 N–H and O–H groups in total. The van der Waals surface area contributed by atoms with Crippen LogP contribution in [0.15, 0.2) is 28.1 Å². The molecule has 0 saturated carbocycles. The van der Waals surface area contributed by atoms with Crippen LogP contribution in [0, 0.1) is 0 Å². The van der Waals surface area contributed by atoms with E-state index in [2.05, 4.69) is 9.88 Å². The monoisotopic (exact) mass is 291 g/mol. The van der Waals surface area contributed by atoms with Gasteiger partial charge in [-0.3, -0.25) is 9.69 Å². The molecule has 2 aromatic rings. The van der Waals surface area contributed by atoms with Gasteiger partial charge in [-0.15, -0.1) is 11.3 Å². The van der Waals surface area contributed by atoms with Crippen LogP contribution in [0.4, 0.5) is 0 Å². The Morgan fingerprint density at radius 3 is 3.20 bits per heavy atom. The smallest absolute Gasteiger partial charge is 0.234 e. The molecule has 1 aliphatic heterocycles. The Bertz CT molecular complexity index is 579. The van der Waals surface area contributed by atoms with E-state index in [0.29, 0.717) is 12.4 Å². The van der Waals surface area contributed by atoms with Crippen molar-refractivity contribution < 1.29 is 9.21 Å². The van der Waals surface area contributed by atoms with Crippen molar-refractivity contribution in [3.8, 4) is 10.6 Å². The number of carbonyl (C=O) groups is 1. The van der Waals surface area contributed by atoms with Crippen LogP contribution in [-0.2, 0) is 11.3 Å². The van der Waals surface area contributed by atoms with Gasteiger partial charge in [0.15, 0.2) is 5.76 Å². The lowest BCUT2D eigenvalue weighted by Crippen LogP contribution is -2.47. The Labute approximate surface area is 121 Å². The number of carbonyl (C=O) groups excluding carboxylic acids is 1. The zero-order chi connectivity index (χ0) is 13.9. The summed E-state index contributed by atoms with van der Waals surface area (Å²) in [6, 6.07) is 3.79. The molecule has 1 aliphatic rings. The first-order valence-electron chi connectivity index (χ1n) is 6.76. The number of primary amides is 1. The third-order valence-corrected chi connectivity index (χ3v) is 4.48. The number of piperidine rings is 1. The number of likely N-dealkylation sites (tertiary alicyclic amines) is 1. The molecule has 1 atom stereocenters. The maximum Gasteiger partial charge on any atom is 0.234 e. The van der Waals surface area contributed by atoms with Crippen LogP contribution in [-0.4, -0.2) is 28.4 Å². The Kier molecular flexibility index (Phi) is 3.84. The van der Waals surface area contributed by atoms with Gasteiger partial charge >= 0.3 is 0 Å². The summed E-state index contributed by atoms with van der Waals surface area (Å²) in [6.07, 6.45) is 4.70. The minimum atomic E-state index is -0.255. The fraction of sp³-hybridized carbons (Fsp3) is 0.429. The Morgan fingerprint density at radius 1 is 1.55 bits per heavy atom. The number of hydrogen-bond donors (Lipinski definition) is 1. The van der Waals surface area contributed by atoms with Gasteiger partial charge in [0.25, 0.3) is 0 Å². The van der Waals surface area contributed by atoms with Gasteiger partial charge in [-0.2, -0.15) is 0 Å². The zero-order valence-electron chi connectivity index (χ0n) is 11.1. The van der Waals surface area contributed by atoms with Crippen LogP contribution < -0.4 is 5.73 Å². The third kappa shape index (κ3) is 2.76. The molecule has 1 amide bonds. The average Bonchev–Trinajstić information content (AvgIpc) is 3.09. The second kappa shape index (κ2) is 5.76. The molecule has 3 heterocycles. The first-order valence-corrected chi connectivity index (χ1v) is 7.64. The maximum absolute atomic E-state index is 11.5. The van der Waals surface area contributed by atoms with Crippen molar-refractivity contribution in [2.75, 3.05) is 6.54 Å². The molecule has 106 valence electrons. The molecule has 0 bridgehead atoms. The molecule has 2 aromatic heterocycles. The fourth-order valence-electron chi connectivity index (χ4n) is 2.59. The van der Waals surface area contributed by atoms with E-state index in [1.807, 2.05) is 17.5 Å². The van der Waals surface area contributed by atoms with Gasteiger partial charge in [0.05, 0.1) is 23.7 Å². The summed E-state index contributed by atoms with van der Waals surface area (Å²) >= 11 is 1.62. The van der Waals surface area contributed by atoms with Crippen LogP contribution in [0.3, 0.4) is 0 Å². The van der Waals surface area contributed by atoms with E-state index in [1.165, 1.54) is 0 Å². The highest BCUT2D eigenvalue weighted by Crippen LogP contribution is 2.26. The van der Waals surface area contributed by atoms with Crippen molar-refractivity contribution in [3.63, 3.8) is 0 Å².